The molecular weight excluding hydrogens is 514 g/mol. The molecule has 4 atom stereocenters. The zero-order valence-electron chi connectivity index (χ0n) is 22.6. The van der Waals surface area contributed by atoms with Crippen LogP contribution in [0.3, 0.4) is 0 Å². The van der Waals surface area contributed by atoms with Crippen molar-refractivity contribution >= 4 is 34.4 Å². The van der Waals surface area contributed by atoms with E-state index in [1.54, 1.807) is 55.8 Å². The van der Waals surface area contributed by atoms with E-state index in [-0.39, 0.29) is 23.2 Å². The topological polar surface area (TPSA) is 88.6 Å². The first-order chi connectivity index (χ1) is 20.0. The molecule has 3 aromatic carbocycles. The lowest BCUT2D eigenvalue weighted by Crippen LogP contribution is -2.51. The Balaban J connectivity index is 1.55. The Morgan fingerprint density at radius 3 is 2.51 bits per heavy atom. The van der Waals surface area contributed by atoms with Crippen LogP contribution < -0.4 is 15.0 Å². The molecule has 3 aliphatic rings. The highest BCUT2D eigenvalue weighted by Gasteiger charge is 2.70. The van der Waals surface area contributed by atoms with Crippen molar-refractivity contribution in [1.82, 2.24) is 4.98 Å². The molecular formula is C34H27N3O4. The number of benzene rings is 3. The number of amides is 1. The molecule has 1 amide bonds. The monoisotopic (exact) mass is 541 g/mol. The number of nitrogens with one attached hydrogen (secondary N) is 1. The Morgan fingerprint density at radius 1 is 0.927 bits per heavy atom. The van der Waals surface area contributed by atoms with Crippen LogP contribution in [0.4, 0.5) is 11.4 Å². The molecule has 0 radical (unpaired) electrons. The number of allylic oxidation sites excluding steroid dienone is 1. The number of nitrogens with zero attached hydrogens (tertiary/aromatic N) is 2. The first kappa shape index (κ1) is 25.0. The van der Waals surface area contributed by atoms with Crippen LogP contribution in [-0.4, -0.2) is 41.7 Å². The number of rotatable bonds is 5. The summed E-state index contributed by atoms with van der Waals surface area (Å²) in [6.45, 7) is 2.01. The lowest BCUT2D eigenvalue weighted by molar-refractivity contribution is -0.121. The molecule has 1 N–H and O–H groups in total. The van der Waals surface area contributed by atoms with Gasteiger partial charge in [-0.1, -0.05) is 60.7 Å². The molecule has 4 aromatic rings. The van der Waals surface area contributed by atoms with E-state index in [2.05, 4.69) is 10.3 Å². The molecule has 1 fully saturated rings. The lowest BCUT2D eigenvalue weighted by Gasteiger charge is -2.39. The molecule has 0 saturated carbocycles. The molecule has 0 unspecified atom stereocenters. The second kappa shape index (κ2) is 9.27. The van der Waals surface area contributed by atoms with Crippen LogP contribution in [0.2, 0.25) is 0 Å². The third-order valence-corrected chi connectivity index (χ3v) is 8.71. The molecule has 1 saturated heterocycles. The number of pyridine rings is 1. The maximum absolute atomic E-state index is 14.7. The fraction of sp³-hybridized carbons (Fsp3) is 0.176. The first-order valence-electron chi connectivity index (χ1n) is 13.6. The summed E-state index contributed by atoms with van der Waals surface area (Å²) in [5.41, 5.74) is 3.35. The van der Waals surface area contributed by atoms with Crippen molar-refractivity contribution in [2.45, 2.75) is 24.4 Å². The molecule has 0 aliphatic carbocycles. The van der Waals surface area contributed by atoms with E-state index in [1.165, 1.54) is 0 Å². The standard InChI is InChI=1S/C34H27N3O4/c1-20-18-28-34(24-13-4-5-14-25(24)36-33(34)40)29(32(39)26-15-7-8-17-35-26)30(37(28)27-16-6-3-12-23(20)27)31(38)21-10-9-11-22(19-21)41-2/h3-19,28-30H,1-2H3,(H,36,40)/t28-,29+,30-,34+/m0/s1. The Labute approximate surface area is 237 Å². The van der Waals surface area contributed by atoms with Gasteiger partial charge in [-0.15, -0.1) is 0 Å². The van der Waals surface area contributed by atoms with Gasteiger partial charge in [-0.05, 0) is 54.5 Å². The molecule has 202 valence electrons. The number of ketones is 2. The summed E-state index contributed by atoms with van der Waals surface area (Å²) in [7, 11) is 1.55. The largest absolute Gasteiger partial charge is 0.497 e. The Bertz CT molecular complexity index is 1760. The maximum Gasteiger partial charge on any atom is 0.238 e. The summed E-state index contributed by atoms with van der Waals surface area (Å²) in [5.74, 6) is -1.45. The summed E-state index contributed by atoms with van der Waals surface area (Å²) in [6.07, 6.45) is 3.60. The van der Waals surface area contributed by atoms with E-state index >= 15 is 0 Å². The van der Waals surface area contributed by atoms with Crippen LogP contribution >= 0.6 is 0 Å². The molecule has 0 bridgehead atoms. The van der Waals surface area contributed by atoms with Gasteiger partial charge in [-0.2, -0.15) is 0 Å². The van der Waals surface area contributed by atoms with Crippen molar-refractivity contribution in [3.05, 3.63) is 126 Å². The van der Waals surface area contributed by atoms with E-state index in [0.717, 1.165) is 16.8 Å². The van der Waals surface area contributed by atoms with E-state index in [9.17, 15) is 14.4 Å². The second-order valence-electron chi connectivity index (χ2n) is 10.7. The summed E-state index contributed by atoms with van der Waals surface area (Å²) in [4.78, 5) is 50.2. The van der Waals surface area contributed by atoms with Crippen LogP contribution in [0, 0.1) is 5.92 Å². The van der Waals surface area contributed by atoms with Gasteiger partial charge in [0.05, 0.1) is 19.1 Å². The maximum atomic E-state index is 14.7. The van der Waals surface area contributed by atoms with Crippen LogP contribution in [0.5, 0.6) is 5.75 Å². The Kier molecular flexibility index (Phi) is 5.64. The number of carbonyl (C=O) groups excluding carboxylic acids is 3. The Hall–Kier alpha value is -5.04. The van der Waals surface area contributed by atoms with Gasteiger partial charge in [-0.25, -0.2) is 0 Å². The van der Waals surface area contributed by atoms with Gasteiger partial charge in [0.15, 0.2) is 11.6 Å². The molecule has 7 rings (SSSR count). The van der Waals surface area contributed by atoms with Crippen molar-refractivity contribution in [3.63, 3.8) is 0 Å². The van der Waals surface area contributed by atoms with E-state index in [1.807, 2.05) is 66.4 Å². The third kappa shape index (κ3) is 3.45. The van der Waals surface area contributed by atoms with Gasteiger partial charge in [0, 0.05) is 28.7 Å². The number of hydrogen-bond acceptors (Lipinski definition) is 6. The summed E-state index contributed by atoms with van der Waals surface area (Å²) >= 11 is 0. The highest BCUT2D eigenvalue weighted by Crippen LogP contribution is 2.58. The highest BCUT2D eigenvalue weighted by atomic mass is 16.5. The van der Waals surface area contributed by atoms with Crippen LogP contribution in [-0.2, 0) is 10.2 Å². The number of anilines is 2. The van der Waals surface area contributed by atoms with Crippen LogP contribution in [0.25, 0.3) is 5.57 Å². The number of para-hydroxylation sites is 2. The van der Waals surface area contributed by atoms with Crippen LogP contribution in [0.15, 0.2) is 103 Å². The van der Waals surface area contributed by atoms with Gasteiger partial charge in [0.25, 0.3) is 0 Å². The molecule has 41 heavy (non-hydrogen) atoms. The molecule has 3 aliphatic heterocycles. The third-order valence-electron chi connectivity index (χ3n) is 8.71. The average Bonchev–Trinajstić information content (AvgIpc) is 3.49. The zero-order chi connectivity index (χ0) is 28.3. The average molecular weight is 542 g/mol. The lowest BCUT2D eigenvalue weighted by atomic mass is 9.64. The van der Waals surface area contributed by atoms with Gasteiger partial charge in [0.2, 0.25) is 5.91 Å². The minimum atomic E-state index is -1.38. The molecule has 1 spiro atoms. The number of hydrogen-bond donors (Lipinski definition) is 1. The summed E-state index contributed by atoms with van der Waals surface area (Å²) in [6, 6.07) is 25.8. The summed E-state index contributed by atoms with van der Waals surface area (Å²) in [5, 5.41) is 3.06. The zero-order valence-corrected chi connectivity index (χ0v) is 22.6. The van der Waals surface area contributed by atoms with Gasteiger partial charge in [0.1, 0.15) is 22.9 Å². The first-order valence-corrected chi connectivity index (χ1v) is 13.6. The molecule has 7 nitrogen and oxygen atoms in total. The van der Waals surface area contributed by atoms with Crippen LogP contribution in [0.1, 0.15) is 38.9 Å². The normalized spacial score (nSPS) is 23.8. The number of carbonyl (C=O) groups is 3. The van der Waals surface area contributed by atoms with Gasteiger partial charge < -0.3 is 15.0 Å². The van der Waals surface area contributed by atoms with Crippen molar-refractivity contribution in [1.29, 1.82) is 0 Å². The number of fused-ring (bicyclic) bond motifs is 6. The van der Waals surface area contributed by atoms with Crippen molar-refractivity contribution in [3.8, 4) is 5.75 Å². The van der Waals surface area contributed by atoms with Crippen molar-refractivity contribution < 1.29 is 19.1 Å². The molecule has 7 heteroatoms. The van der Waals surface area contributed by atoms with E-state index < -0.39 is 23.4 Å². The highest BCUT2D eigenvalue weighted by molar-refractivity contribution is 6.18. The van der Waals surface area contributed by atoms with Crippen molar-refractivity contribution in [2.24, 2.45) is 5.92 Å². The SMILES string of the molecule is COc1cccc(C(=O)[C@@H]2[C@H](C(=O)c3ccccn3)[C@]3(C(=O)Nc4ccccc43)[C@@H]3C=C(C)c4ccccc4N23)c1. The predicted octanol–water partition coefficient (Wildman–Crippen LogP) is 5.34. The Morgan fingerprint density at radius 2 is 1.71 bits per heavy atom. The van der Waals surface area contributed by atoms with Gasteiger partial charge >= 0.3 is 0 Å². The number of methoxy groups -OCH3 is 1. The quantitative estimate of drug-likeness (QED) is 0.344. The van der Waals surface area contributed by atoms with Crippen molar-refractivity contribution in [2.75, 3.05) is 17.3 Å². The molecule has 1 aromatic heterocycles. The molecule has 4 heterocycles. The number of ether oxygens (including phenoxy) is 1. The fourth-order valence-corrected chi connectivity index (χ4v) is 7.00. The number of aromatic nitrogens is 1. The number of Topliss-reactive ketones (excluding diaryl/α,β-unsaturated/α-hetero) is 2. The minimum Gasteiger partial charge on any atom is -0.497 e. The van der Waals surface area contributed by atoms with E-state index in [4.69, 9.17) is 4.74 Å². The smallest absolute Gasteiger partial charge is 0.238 e. The van der Waals surface area contributed by atoms with Gasteiger partial charge in [-0.3, -0.25) is 19.4 Å². The van der Waals surface area contributed by atoms with E-state index in [0.29, 0.717) is 22.6 Å². The summed E-state index contributed by atoms with van der Waals surface area (Å²) < 4.78 is 5.43. The minimum absolute atomic E-state index is 0.214. The second-order valence-corrected chi connectivity index (χ2v) is 10.7. The predicted molar refractivity (Wildman–Crippen MR) is 156 cm³/mol. The fourth-order valence-electron chi connectivity index (χ4n) is 7.00.